The summed E-state index contributed by atoms with van der Waals surface area (Å²) in [5.74, 6) is -0.644. The number of ether oxygens (including phenoxy) is 5. The van der Waals surface area contributed by atoms with Crippen LogP contribution in [0.15, 0.2) is 0 Å². The minimum atomic E-state index is -0.898. The van der Waals surface area contributed by atoms with Crippen molar-refractivity contribution >= 4 is 0 Å². The van der Waals surface area contributed by atoms with Crippen LogP contribution < -0.4 is 0 Å². The standard InChI is InChI=1S/C23H46O5/c1-5-9-10-11-12-13-16-21(17-14-15-18-24-19-22-20-25-22)23(26-6-2,27-7-3)28-8-4/h21-22H,5-20H2,1-4H3/t21-,22?/m1/s1. The zero-order chi connectivity index (χ0) is 20.5. The van der Waals surface area contributed by atoms with E-state index in [0.717, 1.165) is 45.5 Å². The molecule has 1 aliphatic heterocycles. The van der Waals surface area contributed by atoms with Gasteiger partial charge in [0.05, 0.1) is 13.2 Å². The topological polar surface area (TPSA) is 49.5 Å². The van der Waals surface area contributed by atoms with Crippen molar-refractivity contribution in [1.82, 2.24) is 0 Å². The van der Waals surface area contributed by atoms with E-state index in [1.165, 1.54) is 38.5 Å². The van der Waals surface area contributed by atoms with Gasteiger partial charge in [-0.2, -0.15) is 0 Å². The van der Waals surface area contributed by atoms with Gasteiger partial charge in [-0.25, -0.2) is 0 Å². The highest BCUT2D eigenvalue weighted by atomic mass is 16.9. The Bertz CT molecular complexity index is 329. The van der Waals surface area contributed by atoms with Crippen LogP contribution in [0, 0.1) is 5.92 Å². The Morgan fingerprint density at radius 3 is 1.86 bits per heavy atom. The minimum Gasteiger partial charge on any atom is -0.379 e. The van der Waals surface area contributed by atoms with Crippen molar-refractivity contribution in [1.29, 1.82) is 0 Å². The summed E-state index contributed by atoms with van der Waals surface area (Å²) < 4.78 is 29.1. The van der Waals surface area contributed by atoms with Crippen LogP contribution in [0.3, 0.4) is 0 Å². The Hall–Kier alpha value is -0.200. The SMILES string of the molecule is CCCCCCCC[C@H](CCCCOCC1CO1)C(OCC)(OCC)OCC. The predicted octanol–water partition coefficient (Wildman–Crippen LogP) is 5.70. The largest absolute Gasteiger partial charge is 0.379 e. The fourth-order valence-electron chi connectivity index (χ4n) is 3.72. The van der Waals surface area contributed by atoms with Crippen molar-refractivity contribution in [2.24, 2.45) is 5.92 Å². The maximum atomic E-state index is 6.09. The Morgan fingerprint density at radius 1 is 0.786 bits per heavy atom. The highest BCUT2D eigenvalue weighted by Gasteiger charge is 2.41. The molecule has 1 heterocycles. The minimum absolute atomic E-state index is 0.255. The first-order chi connectivity index (χ1) is 13.7. The number of hydrogen-bond donors (Lipinski definition) is 0. The van der Waals surface area contributed by atoms with E-state index in [4.69, 9.17) is 23.7 Å². The Morgan fingerprint density at radius 2 is 1.32 bits per heavy atom. The molecule has 28 heavy (non-hydrogen) atoms. The molecule has 1 fully saturated rings. The van der Waals surface area contributed by atoms with Gasteiger partial charge in [-0.15, -0.1) is 0 Å². The summed E-state index contributed by atoms with van der Waals surface area (Å²) in [5, 5.41) is 0. The molecule has 1 unspecified atom stereocenters. The number of unbranched alkanes of at least 4 members (excludes halogenated alkanes) is 6. The first kappa shape index (κ1) is 25.8. The molecule has 0 aromatic carbocycles. The van der Waals surface area contributed by atoms with Crippen molar-refractivity contribution < 1.29 is 23.7 Å². The van der Waals surface area contributed by atoms with Gasteiger partial charge in [-0.3, -0.25) is 0 Å². The van der Waals surface area contributed by atoms with E-state index >= 15 is 0 Å². The van der Waals surface area contributed by atoms with Gasteiger partial charge in [-0.05, 0) is 40.0 Å². The first-order valence-electron chi connectivity index (χ1n) is 11.8. The molecule has 0 aromatic heterocycles. The van der Waals surface area contributed by atoms with E-state index in [1.54, 1.807) is 0 Å². The third-order valence-corrected chi connectivity index (χ3v) is 5.24. The predicted molar refractivity (Wildman–Crippen MR) is 114 cm³/mol. The highest BCUT2D eigenvalue weighted by Crippen LogP contribution is 2.34. The molecule has 5 nitrogen and oxygen atoms in total. The second kappa shape index (κ2) is 16.6. The molecule has 5 heteroatoms. The molecule has 1 rings (SSSR count). The Kier molecular flexibility index (Phi) is 15.3. The van der Waals surface area contributed by atoms with Crippen molar-refractivity contribution in [3.05, 3.63) is 0 Å². The molecule has 0 spiro atoms. The lowest BCUT2D eigenvalue weighted by Crippen LogP contribution is -2.46. The molecular weight excluding hydrogens is 356 g/mol. The maximum absolute atomic E-state index is 6.09. The smallest absolute Gasteiger partial charge is 0.285 e. The molecule has 0 aromatic rings. The monoisotopic (exact) mass is 402 g/mol. The molecule has 1 saturated heterocycles. The quantitative estimate of drug-likeness (QED) is 0.140. The zero-order valence-corrected chi connectivity index (χ0v) is 19.0. The summed E-state index contributed by atoms with van der Waals surface area (Å²) in [5.41, 5.74) is 0. The molecule has 2 atom stereocenters. The summed E-state index contributed by atoms with van der Waals surface area (Å²) in [6.45, 7) is 12.5. The van der Waals surface area contributed by atoms with Gasteiger partial charge in [0.25, 0.3) is 5.97 Å². The fourth-order valence-corrected chi connectivity index (χ4v) is 3.72. The van der Waals surface area contributed by atoms with E-state index in [0.29, 0.717) is 25.9 Å². The molecule has 0 aliphatic carbocycles. The Balaban J connectivity index is 2.50. The normalized spacial score (nSPS) is 17.8. The second-order valence-electron chi connectivity index (χ2n) is 7.68. The lowest BCUT2D eigenvalue weighted by Gasteiger charge is -2.39. The van der Waals surface area contributed by atoms with Gasteiger partial charge in [0, 0.05) is 32.3 Å². The van der Waals surface area contributed by atoms with Crippen LogP contribution in [-0.2, 0) is 23.7 Å². The summed E-state index contributed by atoms with van der Waals surface area (Å²) >= 11 is 0. The Labute approximate surface area is 173 Å². The lowest BCUT2D eigenvalue weighted by molar-refractivity contribution is -0.403. The summed E-state index contributed by atoms with van der Waals surface area (Å²) in [6.07, 6.45) is 12.4. The molecule has 0 bridgehead atoms. The highest BCUT2D eigenvalue weighted by molar-refractivity contribution is 4.73. The maximum Gasteiger partial charge on any atom is 0.285 e. The average molecular weight is 403 g/mol. The van der Waals surface area contributed by atoms with Crippen LogP contribution in [0.4, 0.5) is 0 Å². The third-order valence-electron chi connectivity index (χ3n) is 5.24. The molecule has 0 saturated carbocycles. The van der Waals surface area contributed by atoms with Crippen molar-refractivity contribution in [2.45, 2.75) is 104 Å². The van der Waals surface area contributed by atoms with Crippen molar-refractivity contribution in [3.63, 3.8) is 0 Å². The van der Waals surface area contributed by atoms with Gasteiger partial charge in [0.15, 0.2) is 0 Å². The van der Waals surface area contributed by atoms with Crippen LogP contribution in [0.2, 0.25) is 0 Å². The van der Waals surface area contributed by atoms with E-state index in [1.807, 2.05) is 20.8 Å². The van der Waals surface area contributed by atoms with E-state index in [9.17, 15) is 0 Å². The van der Waals surface area contributed by atoms with Crippen LogP contribution in [0.25, 0.3) is 0 Å². The van der Waals surface area contributed by atoms with E-state index in [-0.39, 0.29) is 5.92 Å². The van der Waals surface area contributed by atoms with Crippen molar-refractivity contribution in [3.8, 4) is 0 Å². The van der Waals surface area contributed by atoms with E-state index < -0.39 is 5.97 Å². The first-order valence-corrected chi connectivity index (χ1v) is 11.8. The van der Waals surface area contributed by atoms with Gasteiger partial charge in [-0.1, -0.05) is 51.9 Å². The van der Waals surface area contributed by atoms with Crippen molar-refractivity contribution in [2.75, 3.05) is 39.6 Å². The average Bonchev–Trinajstić information content (AvgIpc) is 3.50. The number of hydrogen-bond acceptors (Lipinski definition) is 5. The number of epoxide rings is 1. The fraction of sp³-hybridized carbons (Fsp3) is 1.00. The van der Waals surface area contributed by atoms with E-state index in [2.05, 4.69) is 6.92 Å². The molecule has 0 radical (unpaired) electrons. The molecule has 1 aliphatic rings. The molecule has 0 N–H and O–H groups in total. The second-order valence-corrected chi connectivity index (χ2v) is 7.68. The van der Waals surface area contributed by atoms with Crippen LogP contribution in [-0.4, -0.2) is 51.7 Å². The number of rotatable bonds is 21. The van der Waals surface area contributed by atoms with Gasteiger partial charge < -0.3 is 23.7 Å². The van der Waals surface area contributed by atoms with Crippen LogP contribution in [0.5, 0.6) is 0 Å². The summed E-state index contributed by atoms with van der Waals surface area (Å²) in [7, 11) is 0. The third kappa shape index (κ3) is 11.1. The summed E-state index contributed by atoms with van der Waals surface area (Å²) in [4.78, 5) is 0. The van der Waals surface area contributed by atoms with Gasteiger partial charge in [0.2, 0.25) is 0 Å². The van der Waals surface area contributed by atoms with Gasteiger partial charge >= 0.3 is 0 Å². The molecule has 0 amide bonds. The molecular formula is C23H46O5. The summed E-state index contributed by atoms with van der Waals surface area (Å²) in [6, 6.07) is 0. The van der Waals surface area contributed by atoms with Gasteiger partial charge in [0.1, 0.15) is 6.10 Å². The van der Waals surface area contributed by atoms with Crippen LogP contribution >= 0.6 is 0 Å². The zero-order valence-electron chi connectivity index (χ0n) is 19.0. The molecule has 168 valence electrons. The van der Waals surface area contributed by atoms with Crippen LogP contribution in [0.1, 0.15) is 91.9 Å². The lowest BCUT2D eigenvalue weighted by atomic mass is 9.92.